The van der Waals surface area contributed by atoms with Gasteiger partial charge in [0.05, 0.1) is 6.07 Å². The van der Waals surface area contributed by atoms with Gasteiger partial charge in [0.15, 0.2) is 0 Å². The second-order valence-electron chi connectivity index (χ2n) is 5.20. The van der Waals surface area contributed by atoms with Crippen LogP contribution in [0.3, 0.4) is 0 Å². The van der Waals surface area contributed by atoms with Gasteiger partial charge in [-0.05, 0) is 37.5 Å². The Hall–Kier alpha value is -1.37. The zero-order chi connectivity index (χ0) is 13.1. The van der Waals surface area contributed by atoms with Crippen LogP contribution in [0.15, 0.2) is 12.1 Å². The molecule has 18 heavy (non-hydrogen) atoms. The van der Waals surface area contributed by atoms with Crippen molar-refractivity contribution in [1.29, 1.82) is 5.26 Å². The molecule has 0 spiro atoms. The van der Waals surface area contributed by atoms with E-state index < -0.39 is 0 Å². The van der Waals surface area contributed by atoms with Gasteiger partial charge in [0.2, 0.25) is 0 Å². The summed E-state index contributed by atoms with van der Waals surface area (Å²) in [4.78, 5) is 2.28. The second-order valence-corrected chi connectivity index (χ2v) is 5.20. The third kappa shape index (κ3) is 2.72. The van der Waals surface area contributed by atoms with Crippen LogP contribution in [0.1, 0.15) is 22.3 Å². The molecule has 1 saturated heterocycles. The fraction of sp³-hybridized carbons (Fsp3) is 0.533. The molecule has 0 radical (unpaired) electrons. The van der Waals surface area contributed by atoms with Crippen molar-refractivity contribution >= 4 is 0 Å². The van der Waals surface area contributed by atoms with Crippen LogP contribution >= 0.6 is 0 Å². The first kappa shape index (κ1) is 13.1. The summed E-state index contributed by atoms with van der Waals surface area (Å²) in [5.74, 6) is 0. The molecule has 0 aromatic heterocycles. The van der Waals surface area contributed by atoms with Gasteiger partial charge in [-0.3, -0.25) is 4.90 Å². The Labute approximate surface area is 109 Å². The Bertz CT molecular complexity index is 450. The minimum absolute atomic E-state index is 0.00106. The first-order valence-electron chi connectivity index (χ1n) is 6.53. The number of benzene rings is 1. The number of piperazine rings is 1. The smallest absolute Gasteiger partial charge is 0.111 e. The van der Waals surface area contributed by atoms with Gasteiger partial charge in [-0.1, -0.05) is 17.7 Å². The van der Waals surface area contributed by atoms with Crippen molar-refractivity contribution in [2.75, 3.05) is 19.6 Å². The van der Waals surface area contributed by atoms with Crippen molar-refractivity contribution in [3.8, 4) is 6.07 Å². The Morgan fingerprint density at radius 2 is 2.00 bits per heavy atom. The summed E-state index contributed by atoms with van der Waals surface area (Å²) in [5, 5.41) is 12.5. The van der Waals surface area contributed by atoms with E-state index in [1.807, 2.05) is 0 Å². The van der Waals surface area contributed by atoms with Gasteiger partial charge in [-0.25, -0.2) is 0 Å². The summed E-state index contributed by atoms with van der Waals surface area (Å²) in [6, 6.07) is 6.84. The lowest BCUT2D eigenvalue weighted by molar-refractivity contribution is 0.188. The molecule has 1 aromatic rings. The van der Waals surface area contributed by atoms with E-state index in [-0.39, 0.29) is 6.04 Å². The molecular formula is C15H21N3. The zero-order valence-electron chi connectivity index (χ0n) is 11.5. The first-order chi connectivity index (χ1) is 8.61. The van der Waals surface area contributed by atoms with Gasteiger partial charge >= 0.3 is 0 Å². The molecule has 96 valence electrons. The SMILES string of the molecule is Cc1cc(C)c(CN2CCNCC2C#N)c(C)c1. The van der Waals surface area contributed by atoms with E-state index in [1.165, 1.54) is 22.3 Å². The van der Waals surface area contributed by atoms with Crippen molar-refractivity contribution in [1.82, 2.24) is 10.2 Å². The number of nitrogens with zero attached hydrogens (tertiary/aromatic N) is 2. The Balaban J connectivity index is 2.21. The van der Waals surface area contributed by atoms with Crippen molar-refractivity contribution in [2.24, 2.45) is 0 Å². The topological polar surface area (TPSA) is 39.1 Å². The number of nitrogens with one attached hydrogen (secondary N) is 1. The van der Waals surface area contributed by atoms with Gasteiger partial charge in [0.25, 0.3) is 0 Å². The molecule has 1 N–H and O–H groups in total. The minimum Gasteiger partial charge on any atom is -0.313 e. The van der Waals surface area contributed by atoms with E-state index in [2.05, 4.69) is 49.2 Å². The first-order valence-corrected chi connectivity index (χ1v) is 6.53. The molecule has 2 rings (SSSR count). The molecule has 0 bridgehead atoms. The monoisotopic (exact) mass is 243 g/mol. The van der Waals surface area contributed by atoms with E-state index in [9.17, 15) is 5.26 Å². The average molecular weight is 243 g/mol. The van der Waals surface area contributed by atoms with Crippen molar-refractivity contribution < 1.29 is 0 Å². The van der Waals surface area contributed by atoms with Crippen LogP contribution in [-0.2, 0) is 6.54 Å². The Kier molecular flexibility index (Phi) is 4.00. The summed E-state index contributed by atoms with van der Waals surface area (Å²) in [6.07, 6.45) is 0. The third-order valence-electron chi connectivity index (χ3n) is 3.70. The quantitative estimate of drug-likeness (QED) is 0.862. The molecule has 1 atom stereocenters. The maximum absolute atomic E-state index is 9.19. The second kappa shape index (κ2) is 5.51. The molecule has 3 heteroatoms. The predicted octanol–water partition coefficient (Wildman–Crippen LogP) is 1.91. The highest BCUT2D eigenvalue weighted by Crippen LogP contribution is 2.19. The molecule has 0 saturated carbocycles. The van der Waals surface area contributed by atoms with Crippen LogP contribution < -0.4 is 5.32 Å². The summed E-state index contributed by atoms with van der Waals surface area (Å²) in [7, 11) is 0. The molecule has 3 nitrogen and oxygen atoms in total. The lowest BCUT2D eigenvalue weighted by atomic mass is 9.98. The summed E-state index contributed by atoms with van der Waals surface area (Å²) >= 11 is 0. The average Bonchev–Trinajstić information content (AvgIpc) is 2.34. The third-order valence-corrected chi connectivity index (χ3v) is 3.70. The molecular weight excluding hydrogens is 222 g/mol. The van der Waals surface area contributed by atoms with Crippen LogP contribution in [-0.4, -0.2) is 30.6 Å². The summed E-state index contributed by atoms with van der Waals surface area (Å²) < 4.78 is 0. The molecule has 1 fully saturated rings. The normalized spacial score (nSPS) is 20.7. The van der Waals surface area contributed by atoms with Gasteiger partial charge in [-0.2, -0.15) is 5.26 Å². The van der Waals surface area contributed by atoms with E-state index in [4.69, 9.17) is 0 Å². The summed E-state index contributed by atoms with van der Waals surface area (Å²) in [6.45, 7) is 10.1. The highest BCUT2D eigenvalue weighted by molar-refractivity contribution is 5.37. The van der Waals surface area contributed by atoms with E-state index >= 15 is 0 Å². The fourth-order valence-electron chi connectivity index (χ4n) is 2.73. The highest BCUT2D eigenvalue weighted by atomic mass is 15.2. The van der Waals surface area contributed by atoms with E-state index in [0.717, 1.165) is 26.2 Å². The zero-order valence-corrected chi connectivity index (χ0v) is 11.5. The number of nitriles is 1. The van der Waals surface area contributed by atoms with Gasteiger partial charge < -0.3 is 5.32 Å². The lowest BCUT2D eigenvalue weighted by Crippen LogP contribution is -2.50. The van der Waals surface area contributed by atoms with E-state index in [0.29, 0.717) is 0 Å². The highest BCUT2D eigenvalue weighted by Gasteiger charge is 2.22. The number of hydrogen-bond acceptors (Lipinski definition) is 3. The van der Waals surface area contributed by atoms with Crippen LogP contribution in [0.25, 0.3) is 0 Å². The van der Waals surface area contributed by atoms with Crippen LogP contribution in [0.4, 0.5) is 0 Å². The number of hydrogen-bond donors (Lipinski definition) is 1. The maximum atomic E-state index is 9.19. The van der Waals surface area contributed by atoms with Crippen molar-refractivity contribution in [2.45, 2.75) is 33.4 Å². The Morgan fingerprint density at radius 1 is 1.33 bits per heavy atom. The summed E-state index contributed by atoms with van der Waals surface area (Å²) in [5.41, 5.74) is 5.36. The van der Waals surface area contributed by atoms with Crippen molar-refractivity contribution in [3.63, 3.8) is 0 Å². The van der Waals surface area contributed by atoms with Gasteiger partial charge in [0, 0.05) is 26.2 Å². The van der Waals surface area contributed by atoms with Gasteiger partial charge in [0.1, 0.15) is 6.04 Å². The Morgan fingerprint density at radius 3 is 2.61 bits per heavy atom. The molecule has 1 heterocycles. The fourth-order valence-corrected chi connectivity index (χ4v) is 2.73. The molecule has 1 unspecified atom stereocenters. The standard InChI is InChI=1S/C15H21N3/c1-11-6-12(2)15(13(3)7-11)10-18-5-4-17-9-14(18)8-16/h6-7,14,17H,4-5,9-10H2,1-3H3. The van der Waals surface area contributed by atoms with E-state index in [1.54, 1.807) is 0 Å². The number of aryl methyl sites for hydroxylation is 3. The van der Waals surface area contributed by atoms with Crippen molar-refractivity contribution in [3.05, 3.63) is 34.4 Å². The van der Waals surface area contributed by atoms with Crippen LogP contribution in [0.2, 0.25) is 0 Å². The molecule has 1 aliphatic rings. The maximum Gasteiger partial charge on any atom is 0.111 e. The minimum atomic E-state index is -0.00106. The molecule has 0 amide bonds. The molecule has 1 aliphatic heterocycles. The van der Waals surface area contributed by atoms with Crippen LogP contribution in [0, 0.1) is 32.1 Å². The van der Waals surface area contributed by atoms with Gasteiger partial charge in [-0.15, -0.1) is 0 Å². The van der Waals surface area contributed by atoms with Crippen LogP contribution in [0.5, 0.6) is 0 Å². The number of rotatable bonds is 2. The predicted molar refractivity (Wildman–Crippen MR) is 73.3 cm³/mol. The molecule has 0 aliphatic carbocycles. The largest absolute Gasteiger partial charge is 0.313 e. The molecule has 1 aromatic carbocycles. The lowest BCUT2D eigenvalue weighted by Gasteiger charge is -2.32.